The van der Waals surface area contributed by atoms with E-state index in [1.165, 1.54) is 7.11 Å². The first kappa shape index (κ1) is 13.7. The van der Waals surface area contributed by atoms with Gasteiger partial charge in [0.15, 0.2) is 0 Å². The average molecular weight is 284 g/mol. The zero-order chi connectivity index (χ0) is 14.9. The molecule has 10 heteroatoms. The minimum atomic E-state index is -0.859. The van der Waals surface area contributed by atoms with Crippen LogP contribution in [-0.2, 0) is 9.47 Å². The van der Waals surface area contributed by atoms with Crippen LogP contribution in [0.3, 0.4) is 0 Å². The van der Waals surface area contributed by atoms with Gasteiger partial charge in [-0.3, -0.25) is 15.3 Å². The first-order chi connectivity index (χ1) is 9.49. The molecule has 0 unspecified atom stereocenters. The number of nitro groups is 1. The molecular formula is C10H12N4O6. The normalized spacial score (nSPS) is 13.2. The lowest BCUT2D eigenvalue weighted by Crippen LogP contribution is -2.44. The van der Waals surface area contributed by atoms with Crippen molar-refractivity contribution in [1.82, 2.24) is 15.6 Å². The third-order valence-electron chi connectivity index (χ3n) is 2.57. The summed E-state index contributed by atoms with van der Waals surface area (Å²) >= 11 is 0. The number of carbonyl (C=O) groups is 1. The molecule has 2 rings (SSSR count). The highest BCUT2D eigenvalue weighted by Crippen LogP contribution is 2.12. The van der Waals surface area contributed by atoms with Crippen LogP contribution >= 0.6 is 0 Å². The Morgan fingerprint density at radius 3 is 2.85 bits per heavy atom. The summed E-state index contributed by atoms with van der Waals surface area (Å²) in [5.41, 5.74) is 1.59. The molecule has 0 aromatic carbocycles. The molecule has 0 bridgehead atoms. The number of aromatic amines is 1. The molecule has 3 N–H and O–H groups in total. The number of carbonyl (C=O) groups excluding carboxylic acids is 1. The van der Waals surface area contributed by atoms with Crippen LogP contribution in [0.15, 0.2) is 0 Å². The molecule has 0 atom stereocenters. The van der Waals surface area contributed by atoms with Crippen LogP contribution in [0.25, 0.3) is 12.1 Å². The molecule has 1 aromatic heterocycles. The lowest BCUT2D eigenvalue weighted by molar-refractivity contribution is -0.386. The number of methoxy groups -OCH3 is 1. The molecule has 108 valence electrons. The molecule has 1 aliphatic rings. The molecule has 0 radical (unpaired) electrons. The summed E-state index contributed by atoms with van der Waals surface area (Å²) in [4.78, 5) is 24.7. The van der Waals surface area contributed by atoms with Gasteiger partial charge in [-0.05, 0) is 6.92 Å². The molecule has 0 saturated heterocycles. The molecular weight excluding hydrogens is 272 g/mol. The van der Waals surface area contributed by atoms with Gasteiger partial charge in [-0.25, -0.2) is 10.2 Å². The maximum atomic E-state index is 11.7. The van der Waals surface area contributed by atoms with Crippen molar-refractivity contribution in [3.63, 3.8) is 0 Å². The van der Waals surface area contributed by atoms with Gasteiger partial charge in [0.25, 0.3) is 0 Å². The van der Waals surface area contributed by atoms with Gasteiger partial charge in [0, 0.05) is 0 Å². The predicted molar refractivity (Wildman–Crippen MR) is 64.3 cm³/mol. The van der Waals surface area contributed by atoms with Crippen LogP contribution in [0.4, 0.5) is 5.69 Å². The zero-order valence-electron chi connectivity index (χ0n) is 10.7. The highest BCUT2D eigenvalue weighted by Gasteiger charge is 2.29. The Morgan fingerprint density at radius 1 is 1.60 bits per heavy atom. The van der Waals surface area contributed by atoms with Crippen molar-refractivity contribution < 1.29 is 24.4 Å². The van der Waals surface area contributed by atoms with E-state index in [1.54, 1.807) is 6.92 Å². The highest BCUT2D eigenvalue weighted by molar-refractivity contribution is 5.92. The van der Waals surface area contributed by atoms with Crippen molar-refractivity contribution in [2.75, 3.05) is 13.7 Å². The summed E-state index contributed by atoms with van der Waals surface area (Å²) < 4.78 is 9.71. The van der Waals surface area contributed by atoms with Crippen LogP contribution in [0.1, 0.15) is 17.4 Å². The van der Waals surface area contributed by atoms with Crippen molar-refractivity contribution in [3.05, 3.63) is 26.4 Å². The third kappa shape index (κ3) is 2.12. The minimum absolute atomic E-state index is 0.0103. The van der Waals surface area contributed by atoms with Gasteiger partial charge in [-0.15, -0.1) is 0 Å². The van der Waals surface area contributed by atoms with E-state index in [0.717, 1.165) is 6.20 Å². The molecule has 1 aromatic rings. The summed E-state index contributed by atoms with van der Waals surface area (Å²) in [6, 6.07) is 0. The van der Waals surface area contributed by atoms with Crippen LogP contribution < -0.4 is 16.0 Å². The van der Waals surface area contributed by atoms with E-state index >= 15 is 0 Å². The molecule has 0 aliphatic carbocycles. The third-order valence-corrected chi connectivity index (χ3v) is 2.57. The van der Waals surface area contributed by atoms with Gasteiger partial charge in [-0.2, -0.15) is 5.17 Å². The fourth-order valence-electron chi connectivity index (χ4n) is 1.81. The highest BCUT2D eigenvalue weighted by atomic mass is 16.6. The van der Waals surface area contributed by atoms with Crippen LogP contribution in [0, 0.1) is 10.1 Å². The summed E-state index contributed by atoms with van der Waals surface area (Å²) in [6.07, 6.45) is 1.05. The smallest absolute Gasteiger partial charge is 0.362 e. The van der Waals surface area contributed by atoms with Gasteiger partial charge >= 0.3 is 11.7 Å². The van der Waals surface area contributed by atoms with Crippen LogP contribution in [0.2, 0.25) is 0 Å². The van der Waals surface area contributed by atoms with Crippen molar-refractivity contribution in [2.24, 2.45) is 0 Å². The van der Waals surface area contributed by atoms with Crippen LogP contribution in [-0.4, -0.2) is 40.0 Å². The first-order valence-corrected chi connectivity index (χ1v) is 5.58. The second-order valence-corrected chi connectivity index (χ2v) is 3.73. The maximum Gasteiger partial charge on any atom is 0.362 e. The van der Waals surface area contributed by atoms with Gasteiger partial charge in [-0.1, -0.05) is 0 Å². The zero-order valence-corrected chi connectivity index (χ0v) is 10.7. The number of fused-ring (bicyclic) bond motifs is 1. The van der Waals surface area contributed by atoms with Gasteiger partial charge in [0.1, 0.15) is 10.6 Å². The standard InChI is InChI=1S/C10H12N4O6/c1-3-20-10(15)7-8(14(17)18)5-4-13(16)12-9(19-2)6(5)11-7/h4,11-12,16H,3H2,1-2H3. The summed E-state index contributed by atoms with van der Waals surface area (Å²) in [5, 5.41) is 21.3. The van der Waals surface area contributed by atoms with Crippen molar-refractivity contribution >= 4 is 23.7 Å². The van der Waals surface area contributed by atoms with E-state index < -0.39 is 16.6 Å². The van der Waals surface area contributed by atoms with E-state index in [1.807, 2.05) is 0 Å². The quantitative estimate of drug-likeness (QED) is 0.355. The molecule has 0 spiro atoms. The number of hydrogen-bond donors (Lipinski definition) is 3. The Balaban J connectivity index is 2.78. The van der Waals surface area contributed by atoms with Gasteiger partial charge in [0.2, 0.25) is 11.6 Å². The number of aromatic nitrogens is 1. The topological polar surface area (TPSA) is 130 Å². The molecule has 10 nitrogen and oxygen atoms in total. The minimum Gasteiger partial charge on any atom is -0.480 e. The monoisotopic (exact) mass is 284 g/mol. The number of nitrogens with zero attached hydrogens (tertiary/aromatic N) is 2. The summed E-state index contributed by atoms with van der Waals surface area (Å²) in [5.74, 6) is -0.828. The number of ether oxygens (including phenoxy) is 2. The maximum absolute atomic E-state index is 11.7. The Kier molecular flexibility index (Phi) is 3.48. The van der Waals surface area contributed by atoms with E-state index in [9.17, 15) is 20.1 Å². The van der Waals surface area contributed by atoms with E-state index in [0.29, 0.717) is 5.17 Å². The van der Waals surface area contributed by atoms with Crippen molar-refractivity contribution in [1.29, 1.82) is 0 Å². The lowest BCUT2D eigenvalue weighted by Gasteiger charge is -2.18. The Labute approximate surface area is 112 Å². The second-order valence-electron chi connectivity index (χ2n) is 3.73. The fourth-order valence-corrected chi connectivity index (χ4v) is 1.81. The number of esters is 1. The molecule has 0 amide bonds. The molecule has 2 heterocycles. The summed E-state index contributed by atoms with van der Waals surface area (Å²) in [7, 11) is 1.31. The molecule has 1 aliphatic heterocycles. The number of H-pyrrole nitrogens is 1. The van der Waals surface area contributed by atoms with Crippen molar-refractivity contribution in [3.8, 4) is 0 Å². The van der Waals surface area contributed by atoms with Crippen LogP contribution in [0.5, 0.6) is 0 Å². The number of hydroxylamine groups is 1. The Hall–Kier alpha value is -2.75. The number of hydrogen-bond acceptors (Lipinski definition) is 8. The predicted octanol–water partition coefficient (Wildman–Crippen LogP) is -1.24. The number of nitrogens with one attached hydrogen (secondary N) is 2. The van der Waals surface area contributed by atoms with E-state index in [4.69, 9.17) is 9.47 Å². The molecule has 0 saturated carbocycles. The first-order valence-electron chi connectivity index (χ1n) is 5.58. The fraction of sp³-hybridized carbons (Fsp3) is 0.300. The molecule has 20 heavy (non-hydrogen) atoms. The lowest BCUT2D eigenvalue weighted by atomic mass is 10.3. The average Bonchev–Trinajstić information content (AvgIpc) is 2.77. The molecule has 0 fully saturated rings. The summed E-state index contributed by atoms with van der Waals surface area (Å²) in [6.45, 7) is 1.66. The van der Waals surface area contributed by atoms with Crippen molar-refractivity contribution in [2.45, 2.75) is 6.92 Å². The Bertz CT molecular complexity index is 679. The second kappa shape index (κ2) is 5.09. The Morgan fingerprint density at radius 2 is 2.30 bits per heavy atom. The number of hydrazine groups is 1. The SMILES string of the molecule is CCOC(=O)c1[nH]c2c(c1[N+](=O)[O-])=CN(O)NC=2OC. The van der Waals surface area contributed by atoms with E-state index in [-0.39, 0.29) is 28.8 Å². The van der Waals surface area contributed by atoms with Gasteiger partial charge < -0.3 is 14.5 Å². The number of rotatable bonds is 4. The largest absolute Gasteiger partial charge is 0.480 e. The van der Waals surface area contributed by atoms with E-state index in [2.05, 4.69) is 10.4 Å². The van der Waals surface area contributed by atoms with Gasteiger partial charge in [0.05, 0.1) is 24.8 Å².